The summed E-state index contributed by atoms with van der Waals surface area (Å²) in [6.07, 6.45) is 1.44. The average Bonchev–Trinajstić information content (AvgIpc) is 2.76. The number of ether oxygens (including phenoxy) is 1. The Morgan fingerprint density at radius 2 is 1.94 bits per heavy atom. The Balaban J connectivity index is 1.74. The number of nitrogens with one attached hydrogen (secondary N) is 1. The molecule has 0 saturated carbocycles. The Labute approximate surface area is 185 Å². The fourth-order valence-electron chi connectivity index (χ4n) is 3.21. The molecule has 9 nitrogen and oxygen atoms in total. The summed E-state index contributed by atoms with van der Waals surface area (Å²) in [6.45, 7) is 4.48. The van der Waals surface area contributed by atoms with E-state index in [1.54, 1.807) is 31.3 Å². The zero-order valence-electron chi connectivity index (χ0n) is 18.0. The van der Waals surface area contributed by atoms with Crippen LogP contribution in [0.15, 0.2) is 34.3 Å². The average molecular weight is 445 g/mol. The second kappa shape index (κ2) is 9.86. The van der Waals surface area contributed by atoms with Crippen LogP contribution in [-0.2, 0) is 9.59 Å². The Kier molecular flexibility index (Phi) is 7.21. The van der Waals surface area contributed by atoms with E-state index in [-0.39, 0.29) is 11.7 Å². The molecule has 1 N–H and O–H groups in total. The third-order valence-corrected chi connectivity index (χ3v) is 5.79. The summed E-state index contributed by atoms with van der Waals surface area (Å²) < 4.78 is 6.77. The first kappa shape index (κ1) is 22.7. The van der Waals surface area contributed by atoms with Gasteiger partial charge < -0.3 is 10.1 Å². The van der Waals surface area contributed by atoms with E-state index >= 15 is 0 Å². The van der Waals surface area contributed by atoms with Gasteiger partial charge in [-0.05, 0) is 37.6 Å². The van der Waals surface area contributed by atoms with Gasteiger partial charge in [0.1, 0.15) is 10.8 Å². The highest BCUT2D eigenvalue weighted by Gasteiger charge is 2.49. The smallest absolute Gasteiger partial charge is 0.445 e. The Morgan fingerprint density at radius 3 is 2.58 bits per heavy atom. The molecule has 0 spiro atoms. The van der Waals surface area contributed by atoms with Crippen LogP contribution in [0.3, 0.4) is 0 Å². The second-order valence-electron chi connectivity index (χ2n) is 7.05. The lowest BCUT2D eigenvalue weighted by molar-refractivity contribution is -0.407. The summed E-state index contributed by atoms with van der Waals surface area (Å²) >= 11 is 1.19. The molecular weight excluding hydrogens is 418 g/mol. The maximum absolute atomic E-state index is 12.8. The minimum Gasteiger partial charge on any atom is -0.494 e. The van der Waals surface area contributed by atoms with Crippen molar-refractivity contribution in [2.24, 2.45) is 15.9 Å². The fourth-order valence-corrected chi connectivity index (χ4v) is 4.10. The highest BCUT2D eigenvalue weighted by atomic mass is 32.2. The number of amidine groups is 2. The Bertz CT molecular complexity index is 984. The summed E-state index contributed by atoms with van der Waals surface area (Å²) in [5, 5.41) is 3.31. The van der Waals surface area contributed by atoms with Crippen LogP contribution >= 0.6 is 11.8 Å². The molecule has 3 rings (SSSR count). The molecule has 1 unspecified atom stereocenters. The van der Waals surface area contributed by atoms with Crippen molar-refractivity contribution in [2.45, 2.75) is 26.7 Å². The number of rotatable bonds is 7. The molecule has 0 aromatic heterocycles. The largest absolute Gasteiger partial charge is 0.494 e. The van der Waals surface area contributed by atoms with E-state index in [0.717, 1.165) is 17.1 Å². The zero-order valence-corrected chi connectivity index (χ0v) is 18.9. The first-order valence-electron chi connectivity index (χ1n) is 10.1. The van der Waals surface area contributed by atoms with E-state index in [0.29, 0.717) is 35.4 Å². The van der Waals surface area contributed by atoms with E-state index in [1.165, 1.54) is 23.4 Å². The number of amides is 4. The van der Waals surface area contributed by atoms with Crippen molar-refractivity contribution >= 4 is 52.0 Å². The molecule has 31 heavy (non-hydrogen) atoms. The molecule has 164 valence electrons. The van der Waals surface area contributed by atoms with Gasteiger partial charge in [-0.2, -0.15) is 9.48 Å². The number of urea groups is 1. The molecule has 2 aliphatic heterocycles. The summed E-state index contributed by atoms with van der Waals surface area (Å²) in [5.74, 6) is 0.326. The molecule has 0 bridgehead atoms. The van der Waals surface area contributed by atoms with Gasteiger partial charge in [-0.1, -0.05) is 23.7 Å². The van der Waals surface area contributed by atoms with E-state index in [1.807, 2.05) is 13.8 Å². The number of fused-ring (bicyclic) bond motifs is 1. The summed E-state index contributed by atoms with van der Waals surface area (Å²) in [7, 11) is 3.02. The number of anilines is 1. The summed E-state index contributed by atoms with van der Waals surface area (Å²) in [4.78, 5) is 47.6. The van der Waals surface area contributed by atoms with Crippen molar-refractivity contribution in [1.82, 2.24) is 4.90 Å². The van der Waals surface area contributed by atoms with Crippen LogP contribution in [0, 0.1) is 5.92 Å². The van der Waals surface area contributed by atoms with E-state index < -0.39 is 17.9 Å². The third kappa shape index (κ3) is 5.01. The molecular formula is C21H26N5O4S+. The highest BCUT2D eigenvalue weighted by molar-refractivity contribution is 8.14. The van der Waals surface area contributed by atoms with Gasteiger partial charge in [0, 0.05) is 12.1 Å². The number of hydrogen-bond acceptors (Lipinski definition) is 7. The van der Waals surface area contributed by atoms with Gasteiger partial charge in [-0.3, -0.25) is 9.59 Å². The minimum atomic E-state index is -0.781. The van der Waals surface area contributed by atoms with Crippen LogP contribution < -0.4 is 10.1 Å². The molecule has 2 heterocycles. The van der Waals surface area contributed by atoms with Gasteiger partial charge in [0.25, 0.3) is 5.84 Å². The molecule has 0 fully saturated rings. The van der Waals surface area contributed by atoms with Gasteiger partial charge in [-0.25, -0.2) is 9.79 Å². The van der Waals surface area contributed by atoms with Crippen molar-refractivity contribution in [3.63, 3.8) is 0 Å². The predicted molar refractivity (Wildman–Crippen MR) is 121 cm³/mol. The second-order valence-corrected chi connectivity index (χ2v) is 8.05. The van der Waals surface area contributed by atoms with Gasteiger partial charge in [0.15, 0.2) is 5.92 Å². The van der Waals surface area contributed by atoms with Crippen LogP contribution in [-0.4, -0.2) is 70.5 Å². The normalized spacial score (nSPS) is 18.5. The number of carbonyl (C=O) groups excluding carboxylic acids is 3. The Morgan fingerprint density at radius 1 is 1.23 bits per heavy atom. The third-order valence-electron chi connectivity index (χ3n) is 4.76. The molecule has 0 radical (unpaired) electrons. The van der Waals surface area contributed by atoms with Crippen molar-refractivity contribution in [2.75, 3.05) is 31.8 Å². The number of thioether (sulfide) groups is 1. The SMILES string of the molecule is CCCC1=NC2=[N+](C)C(=O)N(C)C(=O)C2C(SCC(=O)Nc2ccc(OCC)cc2)=N1. The van der Waals surface area contributed by atoms with Crippen LogP contribution in [0.1, 0.15) is 26.7 Å². The topological polar surface area (TPSA) is 103 Å². The monoisotopic (exact) mass is 444 g/mol. The van der Waals surface area contributed by atoms with E-state index in [4.69, 9.17) is 4.74 Å². The van der Waals surface area contributed by atoms with Crippen molar-refractivity contribution in [3.8, 4) is 5.75 Å². The number of nitrogens with zero attached hydrogens (tertiary/aromatic N) is 4. The lowest BCUT2D eigenvalue weighted by Gasteiger charge is -2.26. The van der Waals surface area contributed by atoms with Gasteiger partial charge >= 0.3 is 11.9 Å². The van der Waals surface area contributed by atoms with Gasteiger partial charge in [0.05, 0.1) is 26.5 Å². The maximum Gasteiger partial charge on any atom is 0.445 e. The number of imide groups is 1. The molecule has 4 amide bonds. The van der Waals surface area contributed by atoms with E-state index in [2.05, 4.69) is 15.3 Å². The summed E-state index contributed by atoms with van der Waals surface area (Å²) in [5.41, 5.74) is 0.652. The first-order valence-corrected chi connectivity index (χ1v) is 11.1. The number of carbonyl (C=O) groups is 3. The molecule has 2 aliphatic rings. The quantitative estimate of drug-likeness (QED) is 0.651. The van der Waals surface area contributed by atoms with Crippen molar-refractivity contribution < 1.29 is 23.7 Å². The van der Waals surface area contributed by atoms with Crippen molar-refractivity contribution in [3.05, 3.63) is 24.3 Å². The number of aliphatic imine (C=N–C) groups is 2. The molecule has 1 aromatic carbocycles. The maximum atomic E-state index is 12.8. The van der Waals surface area contributed by atoms with Crippen LogP contribution in [0.4, 0.5) is 10.5 Å². The molecule has 0 aliphatic carbocycles. The lowest BCUT2D eigenvalue weighted by Crippen LogP contribution is -2.54. The van der Waals surface area contributed by atoms with Crippen molar-refractivity contribution in [1.29, 1.82) is 0 Å². The summed E-state index contributed by atoms with van der Waals surface area (Å²) in [6, 6.07) is 6.67. The van der Waals surface area contributed by atoms with Crippen LogP contribution in [0.2, 0.25) is 0 Å². The van der Waals surface area contributed by atoms with Crippen LogP contribution in [0.5, 0.6) is 5.75 Å². The highest BCUT2D eigenvalue weighted by Crippen LogP contribution is 2.26. The van der Waals surface area contributed by atoms with Gasteiger partial charge in [0.2, 0.25) is 11.7 Å². The first-order chi connectivity index (χ1) is 14.8. The number of benzene rings is 1. The zero-order chi connectivity index (χ0) is 22.5. The molecule has 10 heteroatoms. The number of hydrogen-bond donors (Lipinski definition) is 1. The minimum absolute atomic E-state index is 0.0733. The van der Waals surface area contributed by atoms with E-state index in [9.17, 15) is 14.4 Å². The molecule has 0 saturated heterocycles. The fraction of sp³-hybridized carbons (Fsp3) is 0.429. The Hall–Kier alpha value is -3.01. The van der Waals surface area contributed by atoms with Crippen LogP contribution in [0.25, 0.3) is 0 Å². The van der Waals surface area contributed by atoms with Gasteiger partial charge in [-0.15, -0.1) is 0 Å². The standard InChI is InChI=1S/C21H25N5O4S/c1-5-7-15-23-18-17(20(28)26(4)21(29)25(18)3)19(24-15)31-12-16(27)22-13-8-10-14(11-9-13)30-6-2/h8-11,17H,5-7,12H2,1-4H3/p+1. The molecule has 1 atom stereocenters. The predicted octanol–water partition coefficient (Wildman–Crippen LogP) is 2.62. The molecule has 1 aromatic rings. The lowest BCUT2D eigenvalue weighted by atomic mass is 10.0.